The van der Waals surface area contributed by atoms with Crippen molar-refractivity contribution in [2.45, 2.75) is 12.2 Å². The van der Waals surface area contributed by atoms with Gasteiger partial charge in [0.15, 0.2) is 0 Å². The molecule has 0 unspecified atom stereocenters. The minimum atomic E-state index is 1.02. The maximum atomic E-state index is 4.36. The SMILES string of the molecule is CSCc1cc2c(cn1)NCC2. The lowest BCUT2D eigenvalue weighted by Gasteiger charge is -2.01. The van der Waals surface area contributed by atoms with Crippen LogP contribution in [-0.4, -0.2) is 17.8 Å². The van der Waals surface area contributed by atoms with Crippen LogP contribution in [0.5, 0.6) is 0 Å². The van der Waals surface area contributed by atoms with Crippen molar-refractivity contribution in [2.75, 3.05) is 18.1 Å². The van der Waals surface area contributed by atoms with Gasteiger partial charge in [0.2, 0.25) is 0 Å². The third-order valence-corrected chi connectivity index (χ3v) is 2.63. The van der Waals surface area contributed by atoms with Crippen molar-refractivity contribution in [3.63, 3.8) is 0 Å². The van der Waals surface area contributed by atoms with Crippen LogP contribution in [0.1, 0.15) is 11.3 Å². The molecule has 0 saturated heterocycles. The minimum Gasteiger partial charge on any atom is -0.383 e. The van der Waals surface area contributed by atoms with Crippen LogP contribution >= 0.6 is 11.8 Å². The normalized spacial score (nSPS) is 14.1. The van der Waals surface area contributed by atoms with Crippen LogP contribution in [0.2, 0.25) is 0 Å². The highest BCUT2D eigenvalue weighted by molar-refractivity contribution is 7.97. The number of nitrogens with zero attached hydrogens (tertiary/aromatic N) is 1. The first-order valence-electron chi connectivity index (χ1n) is 4.11. The average Bonchev–Trinajstić information content (AvgIpc) is 2.51. The summed E-state index contributed by atoms with van der Waals surface area (Å²) in [5.41, 5.74) is 3.85. The Hall–Kier alpha value is -0.700. The molecule has 3 heteroatoms. The van der Waals surface area contributed by atoms with Gasteiger partial charge in [0, 0.05) is 12.3 Å². The maximum Gasteiger partial charge on any atom is 0.0560 e. The van der Waals surface area contributed by atoms with Crippen molar-refractivity contribution in [2.24, 2.45) is 0 Å². The molecule has 2 heterocycles. The van der Waals surface area contributed by atoms with Gasteiger partial charge in [-0.3, -0.25) is 4.98 Å². The van der Waals surface area contributed by atoms with Crippen molar-refractivity contribution in [3.8, 4) is 0 Å². The standard InChI is InChI=1S/C9H12N2S/c1-12-6-8-4-7-2-3-10-9(7)5-11-8/h4-5,10H,2-3,6H2,1H3. The number of rotatable bonds is 2. The predicted octanol–water partition coefficient (Wildman–Crippen LogP) is 1.91. The molecular weight excluding hydrogens is 168 g/mol. The first-order valence-corrected chi connectivity index (χ1v) is 5.50. The quantitative estimate of drug-likeness (QED) is 0.752. The lowest BCUT2D eigenvalue weighted by molar-refractivity contribution is 1.09. The van der Waals surface area contributed by atoms with Gasteiger partial charge in [-0.2, -0.15) is 11.8 Å². The van der Waals surface area contributed by atoms with E-state index in [1.165, 1.54) is 16.9 Å². The zero-order chi connectivity index (χ0) is 8.39. The molecule has 0 atom stereocenters. The molecule has 1 aromatic rings. The lowest BCUT2D eigenvalue weighted by Crippen LogP contribution is -1.91. The van der Waals surface area contributed by atoms with Crippen molar-refractivity contribution < 1.29 is 0 Å². The van der Waals surface area contributed by atoms with Crippen molar-refractivity contribution >= 4 is 17.4 Å². The van der Waals surface area contributed by atoms with E-state index < -0.39 is 0 Å². The van der Waals surface area contributed by atoms with Gasteiger partial charge in [0.25, 0.3) is 0 Å². The minimum absolute atomic E-state index is 1.02. The molecule has 2 nitrogen and oxygen atoms in total. The van der Waals surface area contributed by atoms with E-state index in [1.807, 2.05) is 18.0 Å². The molecule has 1 aromatic heterocycles. The molecule has 1 N–H and O–H groups in total. The van der Waals surface area contributed by atoms with E-state index in [-0.39, 0.29) is 0 Å². The van der Waals surface area contributed by atoms with Crippen LogP contribution in [0.3, 0.4) is 0 Å². The second kappa shape index (κ2) is 3.35. The fourth-order valence-electron chi connectivity index (χ4n) is 1.47. The van der Waals surface area contributed by atoms with Gasteiger partial charge < -0.3 is 5.32 Å². The summed E-state index contributed by atoms with van der Waals surface area (Å²) < 4.78 is 0. The zero-order valence-electron chi connectivity index (χ0n) is 7.13. The molecule has 0 fully saturated rings. The molecule has 12 heavy (non-hydrogen) atoms. The van der Waals surface area contributed by atoms with Gasteiger partial charge in [-0.1, -0.05) is 0 Å². The van der Waals surface area contributed by atoms with Gasteiger partial charge in [0.05, 0.1) is 17.6 Å². The maximum absolute atomic E-state index is 4.36. The summed E-state index contributed by atoms with van der Waals surface area (Å²) in [6.45, 7) is 1.07. The predicted molar refractivity (Wildman–Crippen MR) is 53.6 cm³/mol. The molecule has 0 radical (unpaired) electrons. The van der Waals surface area contributed by atoms with Gasteiger partial charge in [-0.15, -0.1) is 0 Å². The molecule has 64 valence electrons. The second-order valence-corrected chi connectivity index (χ2v) is 3.81. The molecule has 0 aliphatic carbocycles. The van der Waals surface area contributed by atoms with Gasteiger partial charge in [-0.05, 0) is 24.3 Å². The monoisotopic (exact) mass is 180 g/mol. The zero-order valence-corrected chi connectivity index (χ0v) is 7.95. The Kier molecular flexibility index (Phi) is 2.21. The van der Waals surface area contributed by atoms with Gasteiger partial charge in [0.1, 0.15) is 0 Å². The van der Waals surface area contributed by atoms with Gasteiger partial charge in [-0.25, -0.2) is 0 Å². The first kappa shape index (κ1) is 7.92. The average molecular weight is 180 g/mol. The van der Waals surface area contributed by atoms with Gasteiger partial charge >= 0.3 is 0 Å². The highest BCUT2D eigenvalue weighted by atomic mass is 32.2. The van der Waals surface area contributed by atoms with E-state index in [9.17, 15) is 0 Å². The van der Waals surface area contributed by atoms with Crippen molar-refractivity contribution in [1.82, 2.24) is 4.98 Å². The third kappa shape index (κ3) is 1.41. The molecule has 2 rings (SSSR count). The van der Waals surface area contributed by atoms with Crippen LogP contribution in [0.4, 0.5) is 5.69 Å². The van der Waals surface area contributed by atoms with Crippen LogP contribution < -0.4 is 5.32 Å². The molecule has 0 bridgehead atoms. The smallest absolute Gasteiger partial charge is 0.0560 e. The largest absolute Gasteiger partial charge is 0.383 e. The van der Waals surface area contributed by atoms with Crippen LogP contribution in [0.25, 0.3) is 0 Å². The van der Waals surface area contributed by atoms with Crippen LogP contribution in [0.15, 0.2) is 12.3 Å². The summed E-state index contributed by atoms with van der Waals surface area (Å²) in [5, 5.41) is 3.30. The molecule has 0 saturated carbocycles. The fourth-order valence-corrected chi connectivity index (χ4v) is 1.92. The van der Waals surface area contributed by atoms with Crippen molar-refractivity contribution in [1.29, 1.82) is 0 Å². The number of pyridine rings is 1. The summed E-state index contributed by atoms with van der Waals surface area (Å²) in [6, 6.07) is 2.21. The van der Waals surface area contributed by atoms with E-state index in [2.05, 4.69) is 22.6 Å². The number of fused-ring (bicyclic) bond motifs is 1. The summed E-state index contributed by atoms with van der Waals surface area (Å²) in [6.07, 6.45) is 5.21. The Labute approximate surface area is 76.8 Å². The summed E-state index contributed by atoms with van der Waals surface area (Å²) in [7, 11) is 0. The Morgan fingerprint density at radius 1 is 1.67 bits per heavy atom. The third-order valence-electron chi connectivity index (χ3n) is 2.05. The fraction of sp³-hybridized carbons (Fsp3) is 0.444. The summed E-state index contributed by atoms with van der Waals surface area (Å²) >= 11 is 1.82. The number of thioether (sulfide) groups is 1. The molecule has 1 aliphatic rings. The Balaban J connectivity index is 2.26. The molecule has 1 aliphatic heterocycles. The molecular formula is C9H12N2S. The summed E-state index contributed by atoms with van der Waals surface area (Å²) in [4.78, 5) is 4.36. The van der Waals surface area contributed by atoms with Crippen LogP contribution in [-0.2, 0) is 12.2 Å². The van der Waals surface area contributed by atoms with E-state index >= 15 is 0 Å². The lowest BCUT2D eigenvalue weighted by atomic mass is 10.2. The summed E-state index contributed by atoms with van der Waals surface area (Å²) in [5.74, 6) is 1.02. The van der Waals surface area contributed by atoms with E-state index in [0.29, 0.717) is 0 Å². The number of anilines is 1. The number of hydrogen-bond acceptors (Lipinski definition) is 3. The molecule has 0 amide bonds. The molecule has 0 spiro atoms. The van der Waals surface area contributed by atoms with Crippen LogP contribution in [0, 0.1) is 0 Å². The number of aromatic nitrogens is 1. The highest BCUT2D eigenvalue weighted by Crippen LogP contribution is 2.22. The number of hydrogen-bond donors (Lipinski definition) is 1. The Morgan fingerprint density at radius 2 is 2.58 bits per heavy atom. The highest BCUT2D eigenvalue weighted by Gasteiger charge is 2.10. The Bertz CT molecular complexity index is 286. The second-order valence-electron chi connectivity index (χ2n) is 2.94. The number of nitrogens with one attached hydrogen (secondary N) is 1. The first-order chi connectivity index (χ1) is 5.90. The topological polar surface area (TPSA) is 24.9 Å². The van der Waals surface area contributed by atoms with Crippen molar-refractivity contribution in [3.05, 3.63) is 23.5 Å². The van der Waals surface area contributed by atoms with E-state index in [0.717, 1.165) is 18.7 Å². The van der Waals surface area contributed by atoms with E-state index in [4.69, 9.17) is 0 Å². The molecule has 0 aromatic carbocycles. The van der Waals surface area contributed by atoms with E-state index in [1.54, 1.807) is 0 Å². The Morgan fingerprint density at radius 3 is 3.42 bits per heavy atom.